The molecule has 0 saturated heterocycles. The van der Waals surface area contributed by atoms with Crippen LogP contribution in [0.1, 0.15) is 28.8 Å². The van der Waals surface area contributed by atoms with Crippen molar-refractivity contribution in [2.75, 3.05) is 4.72 Å². The molecule has 1 aromatic heterocycles. The maximum Gasteiger partial charge on any atom is 0.323 e. The van der Waals surface area contributed by atoms with Crippen molar-refractivity contribution in [1.82, 2.24) is 14.9 Å². The van der Waals surface area contributed by atoms with Crippen LogP contribution in [-0.4, -0.2) is 35.2 Å². The number of aromatic nitrogens is 2. The predicted molar refractivity (Wildman–Crippen MR) is 125 cm³/mol. The zero-order valence-corrected chi connectivity index (χ0v) is 18.7. The van der Waals surface area contributed by atoms with Crippen molar-refractivity contribution in [2.45, 2.75) is 30.3 Å². The first kappa shape index (κ1) is 21.9. The van der Waals surface area contributed by atoms with Gasteiger partial charge in [0.15, 0.2) is 0 Å². The van der Waals surface area contributed by atoms with Crippen LogP contribution in [0.4, 0.5) is 10.1 Å². The Morgan fingerprint density at radius 2 is 1.71 bits per heavy atom. The highest BCUT2D eigenvalue weighted by Gasteiger charge is 2.33. The molecular weight excluding hydrogens is 459 g/mol. The minimum atomic E-state index is -3.92. The van der Waals surface area contributed by atoms with Crippen LogP contribution in [0.15, 0.2) is 76.4 Å². The molecule has 1 saturated carbocycles. The van der Waals surface area contributed by atoms with Crippen molar-refractivity contribution in [3.05, 3.63) is 94.2 Å². The van der Waals surface area contributed by atoms with Crippen molar-refractivity contribution in [2.24, 2.45) is 0 Å². The molecule has 3 aromatic carbocycles. The van der Waals surface area contributed by atoms with Crippen LogP contribution in [0.5, 0.6) is 0 Å². The number of halogens is 1. The van der Waals surface area contributed by atoms with Crippen molar-refractivity contribution < 1.29 is 17.6 Å². The molecule has 34 heavy (non-hydrogen) atoms. The molecule has 5 rings (SSSR count). The fourth-order valence-corrected chi connectivity index (χ4v) is 4.89. The van der Waals surface area contributed by atoms with E-state index in [2.05, 4.69) is 14.7 Å². The lowest BCUT2D eigenvalue weighted by molar-refractivity contribution is 0.0728. The Bertz CT molecular complexity index is 1540. The average molecular weight is 481 g/mol. The molecule has 1 amide bonds. The minimum Gasteiger partial charge on any atom is -0.331 e. The molecular formula is C24H21FN4O4S. The summed E-state index contributed by atoms with van der Waals surface area (Å²) in [5, 5.41) is 0. The number of hydrogen-bond donors (Lipinski definition) is 3. The fourth-order valence-electron chi connectivity index (χ4n) is 3.80. The van der Waals surface area contributed by atoms with Crippen molar-refractivity contribution in [1.29, 1.82) is 0 Å². The van der Waals surface area contributed by atoms with E-state index in [9.17, 15) is 22.4 Å². The number of fused-ring (bicyclic) bond motifs is 1. The lowest BCUT2D eigenvalue weighted by Gasteiger charge is -2.23. The molecule has 1 heterocycles. The van der Waals surface area contributed by atoms with Crippen LogP contribution in [-0.2, 0) is 16.6 Å². The number of benzene rings is 3. The molecule has 0 spiro atoms. The third-order valence-corrected chi connectivity index (χ3v) is 7.11. The number of H-pyrrole nitrogens is 2. The lowest BCUT2D eigenvalue weighted by Crippen LogP contribution is -2.32. The summed E-state index contributed by atoms with van der Waals surface area (Å²) in [7, 11) is -3.92. The summed E-state index contributed by atoms with van der Waals surface area (Å²) in [6.07, 6.45) is 1.74. The summed E-state index contributed by atoms with van der Waals surface area (Å²) in [6.45, 7) is 0.175. The van der Waals surface area contributed by atoms with Gasteiger partial charge in [-0.15, -0.1) is 0 Å². The van der Waals surface area contributed by atoms with Gasteiger partial charge in [0.1, 0.15) is 5.82 Å². The summed E-state index contributed by atoms with van der Waals surface area (Å²) >= 11 is 0. The van der Waals surface area contributed by atoms with Crippen LogP contribution in [0.2, 0.25) is 0 Å². The van der Waals surface area contributed by atoms with Gasteiger partial charge in [0.2, 0.25) is 0 Å². The third kappa shape index (κ3) is 4.44. The Hall–Kier alpha value is -3.92. The summed E-state index contributed by atoms with van der Waals surface area (Å²) in [5.74, 6) is -0.588. The van der Waals surface area contributed by atoms with Gasteiger partial charge in [-0.2, -0.15) is 0 Å². The number of amides is 1. The Balaban J connectivity index is 1.33. The summed E-state index contributed by atoms with van der Waals surface area (Å²) in [4.78, 5) is 31.3. The highest BCUT2D eigenvalue weighted by Crippen LogP contribution is 2.30. The molecule has 1 aliphatic carbocycles. The Morgan fingerprint density at radius 3 is 2.41 bits per heavy atom. The van der Waals surface area contributed by atoms with E-state index in [0.717, 1.165) is 12.8 Å². The largest absolute Gasteiger partial charge is 0.331 e. The smallest absolute Gasteiger partial charge is 0.323 e. The van der Waals surface area contributed by atoms with E-state index in [1.165, 1.54) is 36.4 Å². The van der Waals surface area contributed by atoms with E-state index in [1.54, 1.807) is 35.2 Å². The molecule has 0 aliphatic heterocycles. The minimum absolute atomic E-state index is 0.0137. The van der Waals surface area contributed by atoms with Crippen molar-refractivity contribution >= 4 is 32.7 Å². The SMILES string of the molecule is O=C(c1ccc(NS(=O)(=O)c2ccc3[nH]c(=O)[nH]c3c2)cc1)N(Cc1ccccc1F)C1CC1. The molecule has 8 nitrogen and oxygen atoms in total. The third-order valence-electron chi connectivity index (χ3n) is 5.73. The molecule has 3 N–H and O–H groups in total. The second kappa shape index (κ2) is 8.45. The molecule has 0 unspecified atom stereocenters. The molecule has 1 fully saturated rings. The van der Waals surface area contributed by atoms with Crippen LogP contribution in [0.25, 0.3) is 11.0 Å². The molecule has 1 aliphatic rings. The number of anilines is 1. The van der Waals surface area contributed by atoms with Crippen LogP contribution in [0.3, 0.4) is 0 Å². The van der Waals surface area contributed by atoms with Gasteiger partial charge in [0.25, 0.3) is 15.9 Å². The van der Waals surface area contributed by atoms with Crippen LogP contribution < -0.4 is 10.4 Å². The van der Waals surface area contributed by atoms with Gasteiger partial charge in [-0.25, -0.2) is 17.6 Å². The predicted octanol–water partition coefficient (Wildman–Crippen LogP) is 3.60. The average Bonchev–Trinajstić information content (AvgIpc) is 3.58. The number of imidazole rings is 1. The summed E-state index contributed by atoms with van der Waals surface area (Å²) in [5.41, 5.74) is 1.58. The zero-order valence-electron chi connectivity index (χ0n) is 17.9. The van der Waals surface area contributed by atoms with E-state index in [-0.39, 0.29) is 34.9 Å². The maximum absolute atomic E-state index is 14.1. The Morgan fingerprint density at radius 1 is 1.00 bits per heavy atom. The second-order valence-corrected chi connectivity index (χ2v) is 9.91. The number of rotatable bonds is 7. The van der Waals surface area contributed by atoms with E-state index in [0.29, 0.717) is 22.2 Å². The van der Waals surface area contributed by atoms with E-state index in [4.69, 9.17) is 0 Å². The second-order valence-electron chi connectivity index (χ2n) is 8.23. The highest BCUT2D eigenvalue weighted by atomic mass is 32.2. The number of carbonyl (C=O) groups is 1. The van der Waals surface area contributed by atoms with Gasteiger partial charge in [0, 0.05) is 29.4 Å². The molecule has 10 heteroatoms. The molecule has 174 valence electrons. The van der Waals surface area contributed by atoms with Gasteiger partial charge in [0.05, 0.1) is 15.9 Å². The van der Waals surface area contributed by atoms with Gasteiger partial charge in [-0.3, -0.25) is 9.52 Å². The van der Waals surface area contributed by atoms with E-state index < -0.39 is 15.7 Å². The number of aromatic amines is 2. The highest BCUT2D eigenvalue weighted by molar-refractivity contribution is 7.92. The quantitative estimate of drug-likeness (QED) is 0.375. The topological polar surface area (TPSA) is 115 Å². The molecule has 0 radical (unpaired) electrons. The monoisotopic (exact) mass is 480 g/mol. The number of sulfonamides is 1. The van der Waals surface area contributed by atoms with Gasteiger partial charge in [-0.05, 0) is 61.4 Å². The lowest BCUT2D eigenvalue weighted by atomic mass is 10.1. The summed E-state index contributed by atoms with van der Waals surface area (Å²) < 4.78 is 42.2. The number of nitrogens with one attached hydrogen (secondary N) is 3. The van der Waals surface area contributed by atoms with Gasteiger partial charge < -0.3 is 14.9 Å². The fraction of sp³-hybridized carbons (Fsp3) is 0.167. The van der Waals surface area contributed by atoms with Crippen molar-refractivity contribution in [3.8, 4) is 0 Å². The van der Waals surface area contributed by atoms with Crippen LogP contribution >= 0.6 is 0 Å². The standard InChI is InChI=1S/C24H21FN4O4S/c25-20-4-2-1-3-16(20)14-29(18-9-10-18)23(30)15-5-7-17(8-6-15)28-34(32,33)19-11-12-21-22(13-19)27-24(31)26-21/h1-8,11-13,18,28H,9-10,14H2,(H2,26,27,31). The first-order valence-electron chi connectivity index (χ1n) is 10.7. The normalized spacial score (nSPS) is 13.7. The van der Waals surface area contributed by atoms with E-state index in [1.807, 2.05) is 0 Å². The number of nitrogens with zero attached hydrogens (tertiary/aromatic N) is 1. The van der Waals surface area contributed by atoms with Crippen LogP contribution in [0, 0.1) is 5.82 Å². The molecule has 4 aromatic rings. The van der Waals surface area contributed by atoms with Crippen molar-refractivity contribution in [3.63, 3.8) is 0 Å². The first-order chi connectivity index (χ1) is 16.3. The summed E-state index contributed by atoms with van der Waals surface area (Å²) in [6, 6.07) is 16.8. The number of hydrogen-bond acceptors (Lipinski definition) is 4. The van der Waals surface area contributed by atoms with Gasteiger partial charge in [-0.1, -0.05) is 18.2 Å². The Kier molecular flexibility index (Phi) is 5.45. The van der Waals surface area contributed by atoms with E-state index >= 15 is 0 Å². The Labute approximate surface area is 194 Å². The number of carbonyl (C=O) groups excluding carboxylic acids is 1. The molecule has 0 bridgehead atoms. The van der Waals surface area contributed by atoms with Gasteiger partial charge >= 0.3 is 5.69 Å². The first-order valence-corrected chi connectivity index (χ1v) is 12.2. The molecule has 0 atom stereocenters. The maximum atomic E-state index is 14.1. The zero-order chi connectivity index (χ0) is 23.9.